The van der Waals surface area contributed by atoms with Gasteiger partial charge in [-0.05, 0) is 37.1 Å². The van der Waals surface area contributed by atoms with Gasteiger partial charge in [-0.2, -0.15) is 5.26 Å². The van der Waals surface area contributed by atoms with Crippen LogP contribution in [0.2, 0.25) is 0 Å². The van der Waals surface area contributed by atoms with E-state index in [1.807, 2.05) is 12.1 Å². The van der Waals surface area contributed by atoms with Crippen LogP contribution >= 0.6 is 0 Å². The molecule has 1 aliphatic carbocycles. The fraction of sp³-hybridized carbons (Fsp3) is 0.294. The fourth-order valence-electron chi connectivity index (χ4n) is 2.31. The quantitative estimate of drug-likeness (QED) is 0.854. The van der Waals surface area contributed by atoms with Gasteiger partial charge in [0, 0.05) is 12.1 Å². The molecule has 1 aliphatic rings. The molecule has 2 aromatic heterocycles. The fourth-order valence-corrected chi connectivity index (χ4v) is 2.31. The second-order valence-corrected chi connectivity index (χ2v) is 5.40. The third-order valence-corrected chi connectivity index (χ3v) is 3.69. The summed E-state index contributed by atoms with van der Waals surface area (Å²) in [5, 5.41) is 11.9. The lowest BCUT2D eigenvalue weighted by atomic mass is 10.1. The topological polar surface area (TPSA) is 87.9 Å². The van der Waals surface area contributed by atoms with Gasteiger partial charge in [0.05, 0.1) is 36.2 Å². The number of carbonyl (C=O) groups is 1. The molecule has 116 valence electrons. The Labute approximate surface area is 134 Å². The Balaban J connectivity index is 1.74. The summed E-state index contributed by atoms with van der Waals surface area (Å²) < 4.78 is 4.81. The van der Waals surface area contributed by atoms with Crippen molar-refractivity contribution in [2.75, 3.05) is 12.4 Å². The smallest absolute Gasteiger partial charge is 0.339 e. The first-order valence-electron chi connectivity index (χ1n) is 7.39. The molecule has 2 aromatic rings. The molecule has 0 bridgehead atoms. The summed E-state index contributed by atoms with van der Waals surface area (Å²) in [6.07, 6.45) is 3.64. The highest BCUT2D eigenvalue weighted by Gasteiger charge is 2.30. The van der Waals surface area contributed by atoms with Crippen molar-refractivity contribution >= 4 is 11.8 Å². The summed E-state index contributed by atoms with van der Waals surface area (Å²) in [5.74, 6) is 0.695. The number of nitrogens with zero attached hydrogens (tertiary/aromatic N) is 3. The maximum Gasteiger partial charge on any atom is 0.339 e. The van der Waals surface area contributed by atoms with E-state index in [0.29, 0.717) is 29.4 Å². The van der Waals surface area contributed by atoms with Gasteiger partial charge >= 0.3 is 5.97 Å². The van der Waals surface area contributed by atoms with Gasteiger partial charge in [0.15, 0.2) is 0 Å². The molecule has 3 rings (SSSR count). The lowest BCUT2D eigenvalue weighted by molar-refractivity contribution is 0.0598. The summed E-state index contributed by atoms with van der Waals surface area (Å²) in [7, 11) is 1.38. The molecule has 0 aliphatic heterocycles. The van der Waals surface area contributed by atoms with E-state index in [9.17, 15) is 4.79 Å². The molecule has 1 saturated carbocycles. The number of methoxy groups -OCH3 is 1. The van der Waals surface area contributed by atoms with Gasteiger partial charge in [0.25, 0.3) is 0 Å². The molecule has 0 saturated heterocycles. The SMILES string of the molecule is COC(=O)c1ccc(CNc2ccc(C#N)cn2)nc1C1CC1. The molecule has 6 nitrogen and oxygen atoms in total. The summed E-state index contributed by atoms with van der Waals surface area (Å²) in [5.41, 5.74) is 2.73. The van der Waals surface area contributed by atoms with E-state index in [4.69, 9.17) is 10.00 Å². The van der Waals surface area contributed by atoms with Gasteiger partial charge in [-0.15, -0.1) is 0 Å². The summed E-state index contributed by atoms with van der Waals surface area (Å²) in [6.45, 7) is 0.500. The molecule has 1 N–H and O–H groups in total. The number of ether oxygens (including phenoxy) is 1. The second kappa shape index (κ2) is 6.44. The standard InChI is InChI=1S/C17H16N4O2/c1-23-17(22)14-6-5-13(21-16(14)12-3-4-12)10-20-15-7-2-11(8-18)9-19-15/h2,5-7,9,12H,3-4,10H2,1H3,(H,19,20). The van der Waals surface area contributed by atoms with Crippen molar-refractivity contribution < 1.29 is 9.53 Å². The average molecular weight is 308 g/mol. The number of hydrogen-bond acceptors (Lipinski definition) is 6. The van der Waals surface area contributed by atoms with Crippen LogP contribution in [0.15, 0.2) is 30.5 Å². The minimum atomic E-state index is -0.340. The lowest BCUT2D eigenvalue weighted by Gasteiger charge is -2.10. The summed E-state index contributed by atoms with van der Waals surface area (Å²) >= 11 is 0. The minimum absolute atomic E-state index is 0.340. The summed E-state index contributed by atoms with van der Waals surface area (Å²) in [6, 6.07) is 9.08. The zero-order valence-corrected chi connectivity index (χ0v) is 12.7. The lowest BCUT2D eigenvalue weighted by Crippen LogP contribution is -2.10. The molecule has 2 heterocycles. The van der Waals surface area contributed by atoms with Crippen LogP contribution in [0.3, 0.4) is 0 Å². The summed E-state index contributed by atoms with van der Waals surface area (Å²) in [4.78, 5) is 20.6. The molecule has 0 atom stereocenters. The van der Waals surface area contributed by atoms with Gasteiger partial charge in [0.2, 0.25) is 0 Å². The number of aromatic nitrogens is 2. The van der Waals surface area contributed by atoms with Gasteiger partial charge in [-0.1, -0.05) is 0 Å². The van der Waals surface area contributed by atoms with Crippen molar-refractivity contribution in [3.05, 3.63) is 53.0 Å². The highest BCUT2D eigenvalue weighted by molar-refractivity contribution is 5.90. The first kappa shape index (κ1) is 15.0. The third-order valence-electron chi connectivity index (χ3n) is 3.69. The van der Waals surface area contributed by atoms with Crippen molar-refractivity contribution in [2.45, 2.75) is 25.3 Å². The highest BCUT2D eigenvalue weighted by Crippen LogP contribution is 2.40. The number of rotatable bonds is 5. The number of nitrogens with one attached hydrogen (secondary N) is 1. The zero-order valence-electron chi connectivity index (χ0n) is 12.7. The van der Waals surface area contributed by atoms with Crippen molar-refractivity contribution in [1.29, 1.82) is 5.26 Å². The highest BCUT2D eigenvalue weighted by atomic mass is 16.5. The van der Waals surface area contributed by atoms with Crippen molar-refractivity contribution in [1.82, 2.24) is 9.97 Å². The maximum atomic E-state index is 11.8. The van der Waals surface area contributed by atoms with E-state index in [-0.39, 0.29) is 5.97 Å². The number of carbonyl (C=O) groups excluding carboxylic acids is 1. The number of pyridine rings is 2. The van der Waals surface area contributed by atoms with Crippen LogP contribution in [0, 0.1) is 11.3 Å². The van der Waals surface area contributed by atoms with E-state index in [1.165, 1.54) is 13.3 Å². The Bertz CT molecular complexity index is 761. The van der Waals surface area contributed by atoms with Crippen LogP contribution in [0.1, 0.15) is 46.1 Å². The number of esters is 1. The van der Waals surface area contributed by atoms with Gasteiger partial charge in [-0.25, -0.2) is 9.78 Å². The monoisotopic (exact) mass is 308 g/mol. The van der Waals surface area contributed by atoms with E-state index in [0.717, 1.165) is 24.2 Å². The number of anilines is 1. The zero-order chi connectivity index (χ0) is 16.2. The maximum absolute atomic E-state index is 11.8. The largest absolute Gasteiger partial charge is 0.465 e. The Hall–Kier alpha value is -2.94. The van der Waals surface area contributed by atoms with Crippen molar-refractivity contribution in [3.63, 3.8) is 0 Å². The van der Waals surface area contributed by atoms with E-state index in [2.05, 4.69) is 15.3 Å². The molecule has 0 aromatic carbocycles. The van der Waals surface area contributed by atoms with Crippen LogP contribution in [0.25, 0.3) is 0 Å². The Morgan fingerprint density at radius 2 is 2.22 bits per heavy atom. The molecular weight excluding hydrogens is 292 g/mol. The Kier molecular flexibility index (Phi) is 4.20. The molecule has 0 unspecified atom stereocenters. The molecule has 0 amide bonds. The predicted octanol–water partition coefficient (Wildman–Crippen LogP) is 2.62. The van der Waals surface area contributed by atoms with Crippen LogP contribution in [-0.4, -0.2) is 23.0 Å². The van der Waals surface area contributed by atoms with E-state index < -0.39 is 0 Å². The first-order chi connectivity index (χ1) is 11.2. The van der Waals surface area contributed by atoms with Crippen molar-refractivity contribution in [3.8, 4) is 6.07 Å². The van der Waals surface area contributed by atoms with Gasteiger partial charge in [0.1, 0.15) is 11.9 Å². The minimum Gasteiger partial charge on any atom is -0.465 e. The van der Waals surface area contributed by atoms with Crippen LogP contribution < -0.4 is 5.32 Å². The molecule has 6 heteroatoms. The Morgan fingerprint density at radius 3 is 2.83 bits per heavy atom. The molecular formula is C17H16N4O2. The predicted molar refractivity (Wildman–Crippen MR) is 83.8 cm³/mol. The van der Waals surface area contributed by atoms with Crippen molar-refractivity contribution in [2.24, 2.45) is 0 Å². The molecule has 0 radical (unpaired) electrons. The van der Waals surface area contributed by atoms with Gasteiger partial charge < -0.3 is 10.1 Å². The number of nitriles is 1. The Morgan fingerprint density at radius 1 is 1.39 bits per heavy atom. The molecule has 0 spiro atoms. The average Bonchev–Trinajstić information content (AvgIpc) is 3.44. The normalized spacial score (nSPS) is 13.2. The first-order valence-corrected chi connectivity index (χ1v) is 7.39. The van der Waals surface area contributed by atoms with E-state index >= 15 is 0 Å². The molecule has 23 heavy (non-hydrogen) atoms. The van der Waals surface area contributed by atoms with Crippen LogP contribution in [0.4, 0.5) is 5.82 Å². The number of hydrogen-bond donors (Lipinski definition) is 1. The third kappa shape index (κ3) is 3.46. The van der Waals surface area contributed by atoms with Gasteiger partial charge in [-0.3, -0.25) is 4.98 Å². The van der Waals surface area contributed by atoms with Crippen LogP contribution in [0.5, 0.6) is 0 Å². The van der Waals surface area contributed by atoms with E-state index in [1.54, 1.807) is 18.2 Å². The molecule has 1 fully saturated rings. The second-order valence-electron chi connectivity index (χ2n) is 5.40. The van der Waals surface area contributed by atoms with Crippen LogP contribution in [-0.2, 0) is 11.3 Å².